The van der Waals surface area contributed by atoms with Crippen LogP contribution in [0.4, 0.5) is 0 Å². The fraction of sp³-hybridized carbons (Fsp3) is 0.269. The van der Waals surface area contributed by atoms with Crippen molar-refractivity contribution in [3.63, 3.8) is 0 Å². The molecule has 0 spiro atoms. The number of thiazole rings is 1. The summed E-state index contributed by atoms with van der Waals surface area (Å²) in [6.07, 6.45) is 1.77. The van der Waals surface area contributed by atoms with Crippen LogP contribution in [0.3, 0.4) is 0 Å². The third-order valence-corrected chi connectivity index (χ3v) is 6.29. The number of hydrogen-bond donors (Lipinski definition) is 0. The van der Waals surface area contributed by atoms with Gasteiger partial charge in [-0.2, -0.15) is 5.26 Å². The number of rotatable bonds is 7. The number of morpholine rings is 1. The van der Waals surface area contributed by atoms with Gasteiger partial charge in [0.1, 0.15) is 11.1 Å². The normalized spacial score (nSPS) is 13.9. The second kappa shape index (κ2) is 11.0. The van der Waals surface area contributed by atoms with Crippen molar-refractivity contribution in [1.82, 2.24) is 9.88 Å². The van der Waals surface area contributed by atoms with Gasteiger partial charge in [0.25, 0.3) is 5.91 Å². The lowest BCUT2D eigenvalue weighted by Crippen LogP contribution is -2.43. The summed E-state index contributed by atoms with van der Waals surface area (Å²) >= 11 is 1.43. The quantitative estimate of drug-likeness (QED) is 0.470. The van der Waals surface area contributed by atoms with Crippen molar-refractivity contribution >= 4 is 28.9 Å². The van der Waals surface area contributed by atoms with Crippen molar-refractivity contribution < 1.29 is 19.0 Å². The Bertz CT molecular complexity index is 1220. The predicted octanol–water partition coefficient (Wildman–Crippen LogP) is 4.43. The van der Waals surface area contributed by atoms with Gasteiger partial charge in [0, 0.05) is 24.0 Å². The van der Waals surface area contributed by atoms with E-state index in [1.807, 2.05) is 42.6 Å². The fourth-order valence-corrected chi connectivity index (χ4v) is 4.29. The lowest BCUT2D eigenvalue weighted by molar-refractivity contribution is -0.137. The molecule has 1 aliphatic rings. The SMILES string of the molecule is COc1cc(/C=C(\C#N)c2nc(-c3ccc(C)cc3)cs2)ccc1OCC(=O)N1CCOCC1. The van der Waals surface area contributed by atoms with Gasteiger partial charge < -0.3 is 19.1 Å². The van der Waals surface area contributed by atoms with Crippen LogP contribution in [-0.4, -0.2) is 55.8 Å². The molecule has 0 saturated carbocycles. The minimum Gasteiger partial charge on any atom is -0.493 e. The van der Waals surface area contributed by atoms with Crippen molar-refractivity contribution in [2.45, 2.75) is 6.92 Å². The number of hydrogen-bond acceptors (Lipinski definition) is 7. The molecule has 0 aliphatic carbocycles. The summed E-state index contributed by atoms with van der Waals surface area (Å²) in [7, 11) is 1.54. The van der Waals surface area contributed by atoms with Crippen molar-refractivity contribution in [1.29, 1.82) is 5.26 Å². The highest BCUT2D eigenvalue weighted by Gasteiger charge is 2.18. The molecule has 1 fully saturated rings. The number of benzene rings is 2. The second-order valence-corrected chi connectivity index (χ2v) is 8.62. The smallest absolute Gasteiger partial charge is 0.260 e. The zero-order chi connectivity index (χ0) is 23.9. The summed E-state index contributed by atoms with van der Waals surface area (Å²) in [6, 6.07) is 15.7. The molecule has 0 N–H and O–H groups in total. The van der Waals surface area contributed by atoms with E-state index in [0.717, 1.165) is 16.8 Å². The molecule has 0 atom stereocenters. The first-order valence-electron chi connectivity index (χ1n) is 10.9. The number of ether oxygens (including phenoxy) is 3. The van der Waals surface area contributed by atoms with E-state index in [1.165, 1.54) is 16.9 Å². The molecule has 34 heavy (non-hydrogen) atoms. The maximum Gasteiger partial charge on any atom is 0.260 e. The molecule has 174 valence electrons. The van der Waals surface area contributed by atoms with Crippen LogP contribution >= 0.6 is 11.3 Å². The summed E-state index contributed by atoms with van der Waals surface area (Å²) in [5.74, 6) is 0.866. The minimum absolute atomic E-state index is 0.0735. The summed E-state index contributed by atoms with van der Waals surface area (Å²) in [4.78, 5) is 18.7. The summed E-state index contributed by atoms with van der Waals surface area (Å²) in [5, 5.41) is 12.3. The molecular formula is C26H25N3O4S. The summed E-state index contributed by atoms with van der Waals surface area (Å²) in [5.41, 5.74) is 4.27. The predicted molar refractivity (Wildman–Crippen MR) is 132 cm³/mol. The summed E-state index contributed by atoms with van der Waals surface area (Å²) in [6.45, 7) is 4.20. The van der Waals surface area contributed by atoms with Gasteiger partial charge in [-0.1, -0.05) is 35.9 Å². The Morgan fingerprint density at radius 3 is 2.68 bits per heavy atom. The third kappa shape index (κ3) is 5.63. The standard InChI is InChI=1S/C26H25N3O4S/c1-18-3-6-20(7-4-18)22-17-34-26(28-22)21(15-27)13-19-5-8-23(24(14-19)31-2)33-16-25(30)29-9-11-32-12-10-29/h3-8,13-14,17H,9-12,16H2,1-2H3/b21-13+. The van der Waals surface area contributed by atoms with Gasteiger partial charge >= 0.3 is 0 Å². The second-order valence-electron chi connectivity index (χ2n) is 7.77. The maximum absolute atomic E-state index is 12.4. The van der Waals surface area contributed by atoms with Gasteiger partial charge in [-0.05, 0) is 30.7 Å². The number of aromatic nitrogens is 1. The van der Waals surface area contributed by atoms with Gasteiger partial charge in [-0.15, -0.1) is 11.3 Å². The molecule has 2 heterocycles. The van der Waals surface area contributed by atoms with Crippen LogP contribution in [0, 0.1) is 18.3 Å². The van der Waals surface area contributed by atoms with E-state index in [9.17, 15) is 10.1 Å². The van der Waals surface area contributed by atoms with Gasteiger partial charge in [-0.3, -0.25) is 4.79 Å². The van der Waals surface area contributed by atoms with Crippen LogP contribution in [0.15, 0.2) is 47.8 Å². The molecule has 7 nitrogen and oxygen atoms in total. The van der Waals surface area contributed by atoms with Crippen LogP contribution < -0.4 is 9.47 Å². The molecule has 0 radical (unpaired) electrons. The van der Waals surface area contributed by atoms with Crippen LogP contribution in [0.2, 0.25) is 0 Å². The molecular weight excluding hydrogens is 450 g/mol. The van der Waals surface area contributed by atoms with E-state index in [0.29, 0.717) is 48.4 Å². The van der Waals surface area contributed by atoms with E-state index in [1.54, 1.807) is 30.2 Å². The van der Waals surface area contributed by atoms with Crippen LogP contribution in [0.25, 0.3) is 22.9 Å². The van der Waals surface area contributed by atoms with Gasteiger partial charge in [0.05, 0.1) is 31.6 Å². The molecule has 4 rings (SSSR count). The van der Waals surface area contributed by atoms with Gasteiger partial charge in [0.15, 0.2) is 18.1 Å². The van der Waals surface area contributed by atoms with Gasteiger partial charge in [0.2, 0.25) is 0 Å². The molecule has 1 amide bonds. The Morgan fingerprint density at radius 2 is 1.97 bits per heavy atom. The highest BCUT2D eigenvalue weighted by atomic mass is 32.1. The maximum atomic E-state index is 12.4. The Balaban J connectivity index is 1.48. The minimum atomic E-state index is -0.0887. The number of allylic oxidation sites excluding steroid dienone is 1. The van der Waals surface area contributed by atoms with E-state index in [-0.39, 0.29) is 12.5 Å². The lowest BCUT2D eigenvalue weighted by atomic mass is 10.1. The Labute approximate surface area is 202 Å². The molecule has 0 unspecified atom stereocenters. The Kier molecular flexibility index (Phi) is 7.58. The number of methoxy groups -OCH3 is 1. The number of carbonyl (C=O) groups is 1. The Morgan fingerprint density at radius 1 is 1.21 bits per heavy atom. The number of carbonyl (C=O) groups excluding carboxylic acids is 1. The number of nitriles is 1. The average molecular weight is 476 g/mol. The third-order valence-electron chi connectivity index (χ3n) is 5.42. The average Bonchev–Trinajstić information content (AvgIpc) is 3.37. The van der Waals surface area contributed by atoms with E-state index in [2.05, 4.69) is 11.1 Å². The first-order valence-corrected chi connectivity index (χ1v) is 11.8. The first kappa shape index (κ1) is 23.5. The Hall–Kier alpha value is -3.67. The lowest BCUT2D eigenvalue weighted by Gasteiger charge is -2.26. The molecule has 3 aromatic rings. The number of aryl methyl sites for hydroxylation is 1. The molecule has 8 heteroatoms. The van der Waals surface area contributed by atoms with Crippen molar-refractivity contribution in [3.05, 3.63) is 64.0 Å². The number of nitrogens with zero attached hydrogens (tertiary/aromatic N) is 3. The van der Waals surface area contributed by atoms with Crippen LogP contribution in [-0.2, 0) is 9.53 Å². The van der Waals surface area contributed by atoms with Crippen molar-refractivity contribution in [3.8, 4) is 28.8 Å². The zero-order valence-electron chi connectivity index (χ0n) is 19.1. The molecule has 0 bridgehead atoms. The molecule has 1 aliphatic heterocycles. The van der Waals surface area contributed by atoms with E-state index in [4.69, 9.17) is 14.2 Å². The van der Waals surface area contributed by atoms with E-state index >= 15 is 0 Å². The molecule has 1 saturated heterocycles. The summed E-state index contributed by atoms with van der Waals surface area (Å²) < 4.78 is 16.5. The van der Waals surface area contributed by atoms with Crippen molar-refractivity contribution in [2.75, 3.05) is 40.0 Å². The topological polar surface area (TPSA) is 84.7 Å². The van der Waals surface area contributed by atoms with E-state index < -0.39 is 0 Å². The van der Waals surface area contributed by atoms with Crippen LogP contribution in [0.5, 0.6) is 11.5 Å². The highest BCUT2D eigenvalue weighted by Crippen LogP contribution is 2.31. The fourth-order valence-electron chi connectivity index (χ4n) is 3.50. The van der Waals surface area contributed by atoms with Crippen LogP contribution in [0.1, 0.15) is 16.1 Å². The van der Waals surface area contributed by atoms with Crippen molar-refractivity contribution in [2.24, 2.45) is 0 Å². The zero-order valence-corrected chi connectivity index (χ0v) is 19.9. The molecule has 1 aromatic heterocycles. The monoisotopic (exact) mass is 475 g/mol. The van der Waals surface area contributed by atoms with Gasteiger partial charge in [-0.25, -0.2) is 4.98 Å². The highest BCUT2D eigenvalue weighted by molar-refractivity contribution is 7.11. The number of amides is 1. The largest absolute Gasteiger partial charge is 0.493 e. The first-order chi connectivity index (χ1) is 16.6. The molecule has 2 aromatic carbocycles.